The molecule has 36 heavy (non-hydrogen) atoms. The van der Waals surface area contributed by atoms with Gasteiger partial charge in [0.15, 0.2) is 0 Å². The van der Waals surface area contributed by atoms with Crippen LogP contribution in [-0.4, -0.2) is 82.2 Å². The smallest absolute Gasteiger partial charge is 0.320 e. The van der Waals surface area contributed by atoms with Crippen molar-refractivity contribution >= 4 is 11.9 Å². The maximum absolute atomic E-state index is 12.1. The third-order valence-corrected chi connectivity index (χ3v) is 6.70. The summed E-state index contributed by atoms with van der Waals surface area (Å²) in [7, 11) is 7.90. The van der Waals surface area contributed by atoms with Gasteiger partial charge in [0.25, 0.3) is 0 Å². The first-order chi connectivity index (χ1) is 16.8. The number of quaternary nitrogens is 1. The molecule has 0 saturated heterocycles. The molecular formula is C29H60ClN3O3. The summed E-state index contributed by atoms with van der Waals surface area (Å²) in [4.78, 5) is 25.5. The first kappa shape index (κ1) is 37.3. The molecule has 0 spiro atoms. The van der Waals surface area contributed by atoms with Gasteiger partial charge in [-0.2, -0.15) is 0 Å². The van der Waals surface area contributed by atoms with Gasteiger partial charge in [-0.05, 0) is 20.5 Å². The van der Waals surface area contributed by atoms with E-state index in [0.717, 1.165) is 25.9 Å². The Morgan fingerprint density at radius 3 is 1.61 bits per heavy atom. The highest BCUT2D eigenvalue weighted by atomic mass is 35.5. The van der Waals surface area contributed by atoms with Crippen molar-refractivity contribution in [2.24, 2.45) is 0 Å². The SMILES string of the molecule is CCCCCCCCCCCCCCCCCCC(=O)NCC[N+](C)(C)CCOC(=O)CN(C)C.[Cl-]. The lowest BCUT2D eigenvalue weighted by Crippen LogP contribution is -3.00. The Labute approximate surface area is 230 Å². The Balaban J connectivity index is 0. The standard InChI is InChI=1S/C29H59N3O3.ClH/c1-6-7-8-9-10-11-12-13-14-15-16-17-18-19-20-21-22-28(33)30-23-24-32(4,5)25-26-35-29(34)27-31(2)3;/h6-27H2,1-5H3;1H. The number of hydrogen-bond donors (Lipinski definition) is 1. The number of nitrogens with zero attached hydrogens (tertiary/aromatic N) is 2. The molecule has 0 heterocycles. The van der Waals surface area contributed by atoms with Crippen LogP contribution < -0.4 is 17.7 Å². The number of nitrogens with one attached hydrogen (secondary N) is 1. The lowest BCUT2D eigenvalue weighted by molar-refractivity contribution is -0.889. The molecule has 6 nitrogen and oxygen atoms in total. The molecule has 0 aromatic carbocycles. The highest BCUT2D eigenvalue weighted by Gasteiger charge is 2.16. The topological polar surface area (TPSA) is 58.6 Å². The van der Waals surface area contributed by atoms with Crippen LogP contribution >= 0.6 is 0 Å². The fourth-order valence-corrected chi connectivity index (χ4v) is 4.24. The molecule has 0 unspecified atom stereocenters. The van der Waals surface area contributed by atoms with Crippen molar-refractivity contribution in [3.63, 3.8) is 0 Å². The minimum absolute atomic E-state index is 0. The van der Waals surface area contributed by atoms with Gasteiger partial charge < -0.3 is 26.9 Å². The van der Waals surface area contributed by atoms with Crippen molar-refractivity contribution in [2.45, 2.75) is 116 Å². The van der Waals surface area contributed by atoms with Crippen LogP contribution in [0.5, 0.6) is 0 Å². The molecule has 0 fully saturated rings. The third kappa shape index (κ3) is 27.7. The molecule has 7 heteroatoms. The quantitative estimate of drug-likeness (QED) is 0.111. The molecule has 0 aliphatic carbocycles. The fourth-order valence-electron chi connectivity index (χ4n) is 4.24. The summed E-state index contributed by atoms with van der Waals surface area (Å²) in [6, 6.07) is 0. The number of amides is 1. The van der Waals surface area contributed by atoms with E-state index in [2.05, 4.69) is 26.3 Å². The van der Waals surface area contributed by atoms with E-state index in [1.807, 2.05) is 14.1 Å². The van der Waals surface area contributed by atoms with Crippen molar-refractivity contribution in [1.29, 1.82) is 0 Å². The highest BCUT2D eigenvalue weighted by Crippen LogP contribution is 2.14. The van der Waals surface area contributed by atoms with Crippen molar-refractivity contribution in [2.75, 3.05) is 61.0 Å². The van der Waals surface area contributed by atoms with Crippen LogP contribution in [0.15, 0.2) is 0 Å². The zero-order valence-corrected chi connectivity index (χ0v) is 25.3. The molecule has 0 rings (SSSR count). The lowest BCUT2D eigenvalue weighted by Gasteiger charge is -2.29. The number of likely N-dealkylation sites (N-methyl/N-ethyl adjacent to an activating group) is 2. The summed E-state index contributed by atoms with van der Waals surface area (Å²) in [5.41, 5.74) is 0. The van der Waals surface area contributed by atoms with E-state index in [4.69, 9.17) is 4.74 Å². The van der Waals surface area contributed by atoms with Crippen LogP contribution in [0.2, 0.25) is 0 Å². The second-order valence-electron chi connectivity index (χ2n) is 11.2. The largest absolute Gasteiger partial charge is 1.00 e. The molecule has 216 valence electrons. The Bertz CT molecular complexity index is 516. The third-order valence-electron chi connectivity index (χ3n) is 6.70. The lowest BCUT2D eigenvalue weighted by atomic mass is 10.0. The van der Waals surface area contributed by atoms with E-state index in [-0.39, 0.29) is 24.3 Å². The number of ether oxygens (including phenoxy) is 1. The maximum Gasteiger partial charge on any atom is 0.320 e. The van der Waals surface area contributed by atoms with Crippen LogP contribution in [0.3, 0.4) is 0 Å². The van der Waals surface area contributed by atoms with Crippen LogP contribution in [0.4, 0.5) is 0 Å². The molecule has 0 aromatic heterocycles. The van der Waals surface area contributed by atoms with Crippen molar-refractivity contribution < 1.29 is 31.2 Å². The number of carbonyl (C=O) groups excluding carboxylic acids is 2. The number of carbonyl (C=O) groups is 2. The van der Waals surface area contributed by atoms with E-state index >= 15 is 0 Å². The van der Waals surface area contributed by atoms with E-state index < -0.39 is 0 Å². The van der Waals surface area contributed by atoms with Gasteiger partial charge in [0.05, 0.1) is 33.7 Å². The zero-order chi connectivity index (χ0) is 26.2. The van der Waals surface area contributed by atoms with Crippen molar-refractivity contribution in [1.82, 2.24) is 10.2 Å². The van der Waals surface area contributed by atoms with Crippen LogP contribution in [0.1, 0.15) is 116 Å². The molecule has 0 atom stereocenters. The van der Waals surface area contributed by atoms with E-state index in [9.17, 15) is 9.59 Å². The summed E-state index contributed by atoms with van der Waals surface area (Å²) in [6.07, 6.45) is 22.2. The minimum Gasteiger partial charge on any atom is -1.00 e. The van der Waals surface area contributed by atoms with Crippen LogP contribution in [0, 0.1) is 0 Å². The van der Waals surface area contributed by atoms with E-state index in [0.29, 0.717) is 30.6 Å². The second kappa shape index (κ2) is 25.8. The number of halogens is 1. The first-order valence-electron chi connectivity index (χ1n) is 14.7. The molecule has 1 N–H and O–H groups in total. The normalized spacial score (nSPS) is 11.4. The van der Waals surface area contributed by atoms with Gasteiger partial charge >= 0.3 is 5.97 Å². The Kier molecular flexibility index (Phi) is 26.7. The average molecular weight is 534 g/mol. The highest BCUT2D eigenvalue weighted by molar-refractivity contribution is 5.75. The van der Waals surface area contributed by atoms with Gasteiger partial charge in [-0.25, -0.2) is 0 Å². The fraction of sp³-hybridized carbons (Fsp3) is 0.931. The number of rotatable bonds is 25. The molecule has 0 radical (unpaired) electrons. The van der Waals surface area contributed by atoms with E-state index in [1.54, 1.807) is 4.90 Å². The van der Waals surface area contributed by atoms with Gasteiger partial charge in [-0.3, -0.25) is 14.5 Å². The predicted octanol–water partition coefficient (Wildman–Crippen LogP) is 2.94. The summed E-state index contributed by atoms with van der Waals surface area (Å²) in [5, 5.41) is 3.05. The van der Waals surface area contributed by atoms with Gasteiger partial charge in [-0.1, -0.05) is 103 Å². The molecule has 0 bridgehead atoms. The van der Waals surface area contributed by atoms with Crippen LogP contribution in [0.25, 0.3) is 0 Å². The van der Waals surface area contributed by atoms with Crippen molar-refractivity contribution in [3.05, 3.63) is 0 Å². The second-order valence-corrected chi connectivity index (χ2v) is 11.2. The monoisotopic (exact) mass is 533 g/mol. The Morgan fingerprint density at radius 2 is 1.17 bits per heavy atom. The first-order valence-corrected chi connectivity index (χ1v) is 14.7. The van der Waals surface area contributed by atoms with Gasteiger partial charge in [-0.15, -0.1) is 0 Å². The Morgan fingerprint density at radius 1 is 0.722 bits per heavy atom. The summed E-state index contributed by atoms with van der Waals surface area (Å²) in [5.74, 6) is -0.0325. The molecule has 0 aliphatic rings. The summed E-state index contributed by atoms with van der Waals surface area (Å²) < 4.78 is 5.99. The molecular weight excluding hydrogens is 474 g/mol. The van der Waals surface area contributed by atoms with Gasteiger partial charge in [0.1, 0.15) is 13.2 Å². The van der Waals surface area contributed by atoms with E-state index in [1.165, 1.54) is 89.9 Å². The Hall–Kier alpha value is -0.850. The van der Waals surface area contributed by atoms with Gasteiger partial charge in [0.2, 0.25) is 5.91 Å². The number of esters is 1. The van der Waals surface area contributed by atoms with Crippen molar-refractivity contribution in [3.8, 4) is 0 Å². The number of unbranched alkanes of at least 4 members (excludes halogenated alkanes) is 15. The maximum atomic E-state index is 12.1. The average Bonchev–Trinajstić information content (AvgIpc) is 2.78. The molecule has 0 aliphatic heterocycles. The number of hydrogen-bond acceptors (Lipinski definition) is 4. The van der Waals surface area contributed by atoms with Gasteiger partial charge in [0, 0.05) is 6.42 Å². The summed E-state index contributed by atoms with van der Waals surface area (Å²) in [6.45, 7) is 5.23. The minimum atomic E-state index is -0.192. The summed E-state index contributed by atoms with van der Waals surface area (Å²) >= 11 is 0. The molecule has 1 amide bonds. The molecule has 0 saturated carbocycles. The molecule has 0 aromatic rings. The zero-order valence-electron chi connectivity index (χ0n) is 24.6. The van der Waals surface area contributed by atoms with Crippen LogP contribution in [-0.2, 0) is 14.3 Å². The predicted molar refractivity (Wildman–Crippen MR) is 149 cm³/mol.